The molecular formula is C18H18N2O2S. The van der Waals surface area contributed by atoms with Gasteiger partial charge in [-0.3, -0.25) is 9.88 Å². The van der Waals surface area contributed by atoms with Crippen molar-refractivity contribution in [1.82, 2.24) is 9.88 Å². The number of thiophene rings is 1. The Hall–Kier alpha value is -1.95. The molecule has 1 aliphatic rings. The van der Waals surface area contributed by atoms with E-state index >= 15 is 0 Å². The Morgan fingerprint density at radius 2 is 2.00 bits per heavy atom. The number of pyridine rings is 1. The minimum Gasteiger partial charge on any atom is -0.505 e. The fraction of sp³-hybridized carbons (Fsp3) is 0.278. The molecule has 23 heavy (non-hydrogen) atoms. The molecule has 4 nitrogen and oxygen atoms in total. The lowest BCUT2D eigenvalue weighted by molar-refractivity contribution is 0.0242. The highest BCUT2D eigenvalue weighted by atomic mass is 32.1. The molecule has 2 aromatic heterocycles. The van der Waals surface area contributed by atoms with Gasteiger partial charge in [-0.25, -0.2) is 0 Å². The van der Waals surface area contributed by atoms with Crippen LogP contribution in [-0.2, 0) is 4.74 Å². The average molecular weight is 326 g/mol. The Kier molecular flexibility index (Phi) is 3.99. The van der Waals surface area contributed by atoms with Crippen LogP contribution in [-0.4, -0.2) is 41.3 Å². The van der Waals surface area contributed by atoms with E-state index in [2.05, 4.69) is 27.4 Å². The third-order valence-electron chi connectivity index (χ3n) is 4.30. The normalized spacial score (nSPS) is 17.4. The maximum absolute atomic E-state index is 10.8. The van der Waals surface area contributed by atoms with Gasteiger partial charge in [0.1, 0.15) is 11.3 Å². The van der Waals surface area contributed by atoms with Crippen molar-refractivity contribution in [3.05, 3.63) is 58.4 Å². The van der Waals surface area contributed by atoms with E-state index in [0.29, 0.717) is 5.52 Å². The Balaban J connectivity index is 1.84. The number of nitrogens with zero attached hydrogens (tertiary/aromatic N) is 2. The van der Waals surface area contributed by atoms with E-state index in [1.807, 2.05) is 24.3 Å². The number of phenolic OH excluding ortho intramolecular Hbond substituents is 1. The molecule has 1 fully saturated rings. The molecule has 118 valence electrons. The standard InChI is InChI=1S/C18H18N2O2S/c21-18-14(6-5-13-3-1-7-19-16(13)18)17(15-4-2-12-23-15)20-8-10-22-11-9-20/h1-7,12,17,21H,8-11H2. The summed E-state index contributed by atoms with van der Waals surface area (Å²) < 4.78 is 5.49. The zero-order valence-corrected chi connectivity index (χ0v) is 13.5. The van der Waals surface area contributed by atoms with Crippen LogP contribution in [0.5, 0.6) is 5.75 Å². The largest absolute Gasteiger partial charge is 0.505 e. The molecule has 5 heteroatoms. The van der Waals surface area contributed by atoms with Crippen molar-refractivity contribution in [3.63, 3.8) is 0 Å². The fourth-order valence-corrected chi connectivity index (χ4v) is 4.05. The molecule has 0 aliphatic carbocycles. The minimum atomic E-state index is 0.0466. The molecule has 1 N–H and O–H groups in total. The van der Waals surface area contributed by atoms with Gasteiger partial charge in [-0.1, -0.05) is 24.3 Å². The lowest BCUT2D eigenvalue weighted by atomic mass is 9.99. The molecule has 0 saturated carbocycles. The van der Waals surface area contributed by atoms with E-state index < -0.39 is 0 Å². The molecule has 3 heterocycles. The number of rotatable bonds is 3. The summed E-state index contributed by atoms with van der Waals surface area (Å²) in [7, 11) is 0. The smallest absolute Gasteiger partial charge is 0.146 e. The van der Waals surface area contributed by atoms with Crippen LogP contribution < -0.4 is 0 Å². The molecule has 1 saturated heterocycles. The van der Waals surface area contributed by atoms with Crippen molar-refractivity contribution in [2.45, 2.75) is 6.04 Å². The minimum absolute atomic E-state index is 0.0466. The lowest BCUT2D eigenvalue weighted by Gasteiger charge is -2.34. The van der Waals surface area contributed by atoms with Gasteiger partial charge in [0.25, 0.3) is 0 Å². The highest BCUT2D eigenvalue weighted by Crippen LogP contribution is 2.39. The number of ether oxygens (including phenoxy) is 1. The van der Waals surface area contributed by atoms with Crippen molar-refractivity contribution in [3.8, 4) is 5.75 Å². The van der Waals surface area contributed by atoms with Crippen LogP contribution >= 0.6 is 11.3 Å². The number of hydrogen-bond acceptors (Lipinski definition) is 5. The van der Waals surface area contributed by atoms with Crippen LogP contribution in [0.2, 0.25) is 0 Å². The van der Waals surface area contributed by atoms with Crippen molar-refractivity contribution in [2.75, 3.05) is 26.3 Å². The molecule has 0 radical (unpaired) electrons. The Morgan fingerprint density at radius 1 is 1.13 bits per heavy atom. The molecule has 1 unspecified atom stereocenters. The third-order valence-corrected chi connectivity index (χ3v) is 5.22. The Morgan fingerprint density at radius 3 is 2.78 bits per heavy atom. The number of fused-ring (bicyclic) bond motifs is 1. The van der Waals surface area contributed by atoms with Gasteiger partial charge in [0, 0.05) is 35.1 Å². The lowest BCUT2D eigenvalue weighted by Crippen LogP contribution is -2.39. The van der Waals surface area contributed by atoms with E-state index in [9.17, 15) is 5.11 Å². The summed E-state index contributed by atoms with van der Waals surface area (Å²) in [5, 5.41) is 13.9. The van der Waals surface area contributed by atoms with Crippen LogP contribution in [0.1, 0.15) is 16.5 Å². The SMILES string of the molecule is Oc1c(C(c2cccs2)N2CCOCC2)ccc2cccnc12. The highest BCUT2D eigenvalue weighted by molar-refractivity contribution is 7.10. The van der Waals surface area contributed by atoms with Crippen LogP contribution in [0, 0.1) is 0 Å². The number of benzene rings is 1. The first kappa shape index (κ1) is 14.6. The second-order valence-electron chi connectivity index (χ2n) is 5.64. The first-order chi connectivity index (χ1) is 11.3. The fourth-order valence-electron chi connectivity index (χ4n) is 3.18. The molecular weight excluding hydrogens is 308 g/mol. The summed E-state index contributed by atoms with van der Waals surface area (Å²) >= 11 is 1.72. The summed E-state index contributed by atoms with van der Waals surface area (Å²) in [6.07, 6.45) is 1.72. The summed E-state index contributed by atoms with van der Waals surface area (Å²) in [5.74, 6) is 0.285. The summed E-state index contributed by atoms with van der Waals surface area (Å²) in [6, 6.07) is 12.2. The quantitative estimate of drug-likeness (QED) is 0.801. The predicted octanol–water partition coefficient (Wildman–Crippen LogP) is 3.42. The number of hydrogen-bond donors (Lipinski definition) is 1. The van der Waals surface area contributed by atoms with E-state index in [-0.39, 0.29) is 11.8 Å². The van der Waals surface area contributed by atoms with E-state index in [4.69, 9.17) is 4.74 Å². The molecule has 0 bridgehead atoms. The average Bonchev–Trinajstić information content (AvgIpc) is 3.13. The van der Waals surface area contributed by atoms with E-state index in [1.54, 1.807) is 17.5 Å². The van der Waals surface area contributed by atoms with Gasteiger partial charge in [-0.15, -0.1) is 11.3 Å². The molecule has 4 rings (SSSR count). The van der Waals surface area contributed by atoms with Crippen molar-refractivity contribution in [2.24, 2.45) is 0 Å². The van der Waals surface area contributed by atoms with Gasteiger partial charge in [-0.05, 0) is 17.5 Å². The van der Waals surface area contributed by atoms with Gasteiger partial charge in [-0.2, -0.15) is 0 Å². The van der Waals surface area contributed by atoms with Crippen LogP contribution in [0.4, 0.5) is 0 Å². The predicted molar refractivity (Wildman–Crippen MR) is 92.0 cm³/mol. The molecule has 1 atom stereocenters. The molecule has 3 aromatic rings. The first-order valence-corrected chi connectivity index (χ1v) is 8.64. The van der Waals surface area contributed by atoms with Crippen LogP contribution in [0.3, 0.4) is 0 Å². The van der Waals surface area contributed by atoms with Gasteiger partial charge in [0.05, 0.1) is 19.3 Å². The molecule has 0 spiro atoms. The molecule has 1 aliphatic heterocycles. The van der Waals surface area contributed by atoms with Crippen molar-refractivity contribution >= 4 is 22.2 Å². The second-order valence-corrected chi connectivity index (χ2v) is 6.62. The molecule has 0 amide bonds. The van der Waals surface area contributed by atoms with Gasteiger partial charge in [0.2, 0.25) is 0 Å². The summed E-state index contributed by atoms with van der Waals surface area (Å²) in [6.45, 7) is 3.19. The van der Waals surface area contributed by atoms with E-state index in [1.165, 1.54) is 4.88 Å². The Bertz CT molecular complexity index is 798. The zero-order chi connectivity index (χ0) is 15.6. The third kappa shape index (κ3) is 2.72. The van der Waals surface area contributed by atoms with Crippen LogP contribution in [0.15, 0.2) is 48.0 Å². The first-order valence-electron chi connectivity index (χ1n) is 7.76. The monoisotopic (exact) mass is 326 g/mol. The highest BCUT2D eigenvalue weighted by Gasteiger charge is 2.28. The Labute approximate surface area is 139 Å². The van der Waals surface area contributed by atoms with Crippen molar-refractivity contribution < 1.29 is 9.84 Å². The zero-order valence-electron chi connectivity index (χ0n) is 12.7. The van der Waals surface area contributed by atoms with Gasteiger partial charge >= 0.3 is 0 Å². The van der Waals surface area contributed by atoms with Gasteiger partial charge < -0.3 is 9.84 Å². The second kappa shape index (κ2) is 6.28. The number of aromatic hydroxyl groups is 1. The summed E-state index contributed by atoms with van der Waals surface area (Å²) in [4.78, 5) is 7.97. The maximum atomic E-state index is 10.8. The molecule has 1 aromatic carbocycles. The van der Waals surface area contributed by atoms with Gasteiger partial charge in [0.15, 0.2) is 0 Å². The number of phenols is 1. The van der Waals surface area contributed by atoms with E-state index in [0.717, 1.165) is 37.3 Å². The van der Waals surface area contributed by atoms with Crippen molar-refractivity contribution in [1.29, 1.82) is 0 Å². The maximum Gasteiger partial charge on any atom is 0.146 e. The van der Waals surface area contributed by atoms with Crippen LogP contribution in [0.25, 0.3) is 10.9 Å². The summed E-state index contributed by atoms with van der Waals surface area (Å²) in [5.41, 5.74) is 1.58. The number of aromatic nitrogens is 1. The topological polar surface area (TPSA) is 45.6 Å². The number of morpholine rings is 1.